The van der Waals surface area contributed by atoms with Crippen LogP contribution in [0.4, 0.5) is 11.8 Å². The fourth-order valence-electron chi connectivity index (χ4n) is 2.08. The first-order valence-electron chi connectivity index (χ1n) is 7.25. The van der Waals surface area contributed by atoms with E-state index in [1.807, 2.05) is 6.07 Å². The molecule has 0 bridgehead atoms. The summed E-state index contributed by atoms with van der Waals surface area (Å²) in [5, 5.41) is 9.29. The Morgan fingerprint density at radius 3 is 2.65 bits per heavy atom. The van der Waals surface area contributed by atoms with Gasteiger partial charge in [-0.3, -0.25) is 0 Å². The summed E-state index contributed by atoms with van der Waals surface area (Å²) in [6, 6.07) is 7.30. The van der Waals surface area contributed by atoms with Gasteiger partial charge in [0.2, 0.25) is 5.95 Å². The van der Waals surface area contributed by atoms with Gasteiger partial charge in [-0.1, -0.05) is 13.3 Å². The zero-order chi connectivity index (χ0) is 16.8. The van der Waals surface area contributed by atoms with Gasteiger partial charge in [-0.2, -0.15) is 10.2 Å². The van der Waals surface area contributed by atoms with Crippen molar-refractivity contribution in [2.75, 3.05) is 25.2 Å². The number of nitriles is 1. The molecule has 0 spiro atoms. The number of rotatable bonds is 6. The Kier molecular flexibility index (Phi) is 5.20. The molecule has 0 amide bonds. The van der Waals surface area contributed by atoms with Crippen molar-refractivity contribution in [1.82, 2.24) is 9.97 Å². The first kappa shape index (κ1) is 16.4. The van der Waals surface area contributed by atoms with Gasteiger partial charge in [0.05, 0.1) is 19.4 Å². The molecule has 4 N–H and O–H groups in total. The predicted octanol–water partition coefficient (Wildman–Crippen LogP) is 2.37. The summed E-state index contributed by atoms with van der Waals surface area (Å²) in [5.74, 6) is 1.26. The van der Waals surface area contributed by atoms with Crippen LogP contribution in [0, 0.1) is 11.3 Å². The molecule has 0 radical (unpaired) electrons. The minimum absolute atomic E-state index is 0.0146. The van der Waals surface area contributed by atoms with Crippen molar-refractivity contribution in [1.29, 1.82) is 5.26 Å². The van der Waals surface area contributed by atoms with Gasteiger partial charge < -0.3 is 20.9 Å². The molecule has 7 nitrogen and oxygen atoms in total. The molecule has 0 fully saturated rings. The van der Waals surface area contributed by atoms with Gasteiger partial charge in [0.15, 0.2) is 11.5 Å². The summed E-state index contributed by atoms with van der Waals surface area (Å²) in [6.45, 7) is 2.66. The van der Waals surface area contributed by atoms with Crippen molar-refractivity contribution < 1.29 is 9.47 Å². The van der Waals surface area contributed by atoms with E-state index in [0.717, 1.165) is 12.8 Å². The van der Waals surface area contributed by atoms with Gasteiger partial charge >= 0.3 is 0 Å². The molecule has 0 aliphatic rings. The van der Waals surface area contributed by atoms with Crippen molar-refractivity contribution in [3.8, 4) is 28.8 Å². The Balaban J connectivity index is 2.48. The van der Waals surface area contributed by atoms with E-state index in [4.69, 9.17) is 20.9 Å². The lowest BCUT2D eigenvalue weighted by Crippen LogP contribution is -2.05. The molecule has 0 saturated carbocycles. The van der Waals surface area contributed by atoms with E-state index in [1.165, 1.54) is 0 Å². The monoisotopic (exact) mass is 313 g/mol. The van der Waals surface area contributed by atoms with Crippen LogP contribution in [-0.4, -0.2) is 23.7 Å². The molecule has 0 aliphatic heterocycles. The molecule has 1 aromatic carbocycles. The third-order valence-electron chi connectivity index (χ3n) is 3.26. The minimum Gasteiger partial charge on any atom is -0.493 e. The molecule has 120 valence electrons. The lowest BCUT2D eigenvalue weighted by molar-refractivity contribution is 0.288. The van der Waals surface area contributed by atoms with Crippen LogP contribution >= 0.6 is 0 Å². The van der Waals surface area contributed by atoms with Gasteiger partial charge in [0.1, 0.15) is 17.5 Å². The molecule has 2 aromatic rings. The van der Waals surface area contributed by atoms with E-state index >= 15 is 0 Å². The second kappa shape index (κ2) is 7.31. The summed E-state index contributed by atoms with van der Waals surface area (Å²) >= 11 is 0. The Morgan fingerprint density at radius 1 is 1.22 bits per heavy atom. The van der Waals surface area contributed by atoms with Crippen LogP contribution in [0.1, 0.15) is 25.3 Å². The lowest BCUT2D eigenvalue weighted by atomic mass is 10.1. The maximum atomic E-state index is 9.29. The molecule has 7 heteroatoms. The number of nitrogens with zero attached hydrogens (tertiary/aromatic N) is 3. The highest BCUT2D eigenvalue weighted by Gasteiger charge is 2.15. The lowest BCUT2D eigenvalue weighted by Gasteiger charge is -2.13. The number of hydrogen-bond acceptors (Lipinski definition) is 7. The zero-order valence-corrected chi connectivity index (χ0v) is 13.2. The van der Waals surface area contributed by atoms with E-state index in [-0.39, 0.29) is 17.3 Å². The van der Waals surface area contributed by atoms with Crippen LogP contribution in [0.15, 0.2) is 18.2 Å². The molecule has 0 unspecified atom stereocenters. The second-order valence-corrected chi connectivity index (χ2v) is 4.87. The number of hydrogen-bond donors (Lipinski definition) is 2. The molecule has 0 saturated heterocycles. The number of aromatic nitrogens is 2. The number of ether oxygens (including phenoxy) is 2. The topological polar surface area (TPSA) is 120 Å². The fraction of sp³-hybridized carbons (Fsp3) is 0.312. The second-order valence-electron chi connectivity index (χ2n) is 4.87. The van der Waals surface area contributed by atoms with Gasteiger partial charge in [-0.25, -0.2) is 4.98 Å². The molecule has 1 heterocycles. The van der Waals surface area contributed by atoms with Crippen LogP contribution in [0.25, 0.3) is 11.3 Å². The van der Waals surface area contributed by atoms with Crippen LogP contribution in [-0.2, 0) is 0 Å². The maximum Gasteiger partial charge on any atom is 0.222 e. The van der Waals surface area contributed by atoms with Crippen molar-refractivity contribution >= 4 is 11.8 Å². The highest BCUT2D eigenvalue weighted by Crippen LogP contribution is 2.34. The zero-order valence-electron chi connectivity index (χ0n) is 13.2. The quantitative estimate of drug-likeness (QED) is 0.785. The Hall–Kier alpha value is -3.01. The molecule has 0 aliphatic carbocycles. The molecule has 1 aromatic heterocycles. The van der Waals surface area contributed by atoms with Gasteiger partial charge in [-0.15, -0.1) is 0 Å². The predicted molar refractivity (Wildman–Crippen MR) is 88.0 cm³/mol. The molecule has 0 atom stereocenters. The molecule has 23 heavy (non-hydrogen) atoms. The standard InChI is InChI=1S/C16H19N5O2/c1-3-4-7-23-13-8-10(5-6-12(13)22-2)14-11(9-17)15(18)21-16(19)20-14/h5-6,8H,3-4,7H2,1-2H3,(H4,18,19,20,21). The van der Waals surface area contributed by atoms with E-state index in [2.05, 4.69) is 16.9 Å². The Morgan fingerprint density at radius 2 is 2.00 bits per heavy atom. The van der Waals surface area contributed by atoms with E-state index in [0.29, 0.717) is 29.4 Å². The SMILES string of the molecule is CCCCOc1cc(-c2nc(N)nc(N)c2C#N)ccc1OC. The number of nitrogens with two attached hydrogens (primary N) is 2. The van der Waals surface area contributed by atoms with E-state index in [1.54, 1.807) is 25.3 Å². The summed E-state index contributed by atoms with van der Waals surface area (Å²) in [7, 11) is 1.57. The molecular formula is C16H19N5O2. The largest absolute Gasteiger partial charge is 0.493 e. The summed E-state index contributed by atoms with van der Waals surface area (Å²) < 4.78 is 11.0. The number of benzene rings is 1. The number of methoxy groups -OCH3 is 1. The van der Waals surface area contributed by atoms with Crippen molar-refractivity contribution in [2.24, 2.45) is 0 Å². The average Bonchev–Trinajstić information content (AvgIpc) is 2.54. The summed E-state index contributed by atoms with van der Waals surface area (Å²) in [5.41, 5.74) is 12.6. The highest BCUT2D eigenvalue weighted by molar-refractivity contribution is 5.74. The van der Waals surface area contributed by atoms with Crippen molar-refractivity contribution in [3.05, 3.63) is 23.8 Å². The Bertz CT molecular complexity index is 740. The van der Waals surface area contributed by atoms with Gasteiger partial charge in [0, 0.05) is 5.56 Å². The third-order valence-corrected chi connectivity index (χ3v) is 3.26. The normalized spacial score (nSPS) is 10.1. The average molecular weight is 313 g/mol. The van der Waals surface area contributed by atoms with Gasteiger partial charge in [0.25, 0.3) is 0 Å². The molecule has 2 rings (SSSR count). The first-order chi connectivity index (χ1) is 11.1. The van der Waals surface area contributed by atoms with E-state index < -0.39 is 0 Å². The van der Waals surface area contributed by atoms with Gasteiger partial charge in [-0.05, 0) is 24.6 Å². The van der Waals surface area contributed by atoms with Crippen molar-refractivity contribution in [3.63, 3.8) is 0 Å². The van der Waals surface area contributed by atoms with E-state index in [9.17, 15) is 5.26 Å². The minimum atomic E-state index is 0.0146. The summed E-state index contributed by atoms with van der Waals surface area (Å²) in [6.07, 6.45) is 1.96. The fourth-order valence-corrected chi connectivity index (χ4v) is 2.08. The van der Waals surface area contributed by atoms with Crippen LogP contribution in [0.2, 0.25) is 0 Å². The van der Waals surface area contributed by atoms with Crippen LogP contribution in [0.3, 0.4) is 0 Å². The highest BCUT2D eigenvalue weighted by atomic mass is 16.5. The van der Waals surface area contributed by atoms with Crippen LogP contribution in [0.5, 0.6) is 11.5 Å². The Labute approximate surface area is 134 Å². The molecular weight excluding hydrogens is 294 g/mol. The first-order valence-corrected chi connectivity index (χ1v) is 7.25. The van der Waals surface area contributed by atoms with Crippen LogP contribution < -0.4 is 20.9 Å². The number of anilines is 2. The summed E-state index contributed by atoms with van der Waals surface area (Å²) in [4.78, 5) is 7.95. The van der Waals surface area contributed by atoms with Crippen molar-refractivity contribution in [2.45, 2.75) is 19.8 Å². The smallest absolute Gasteiger partial charge is 0.222 e. The maximum absolute atomic E-state index is 9.29. The number of unbranched alkanes of at least 4 members (excludes halogenated alkanes) is 1. The number of nitrogen functional groups attached to an aromatic ring is 2. The third kappa shape index (κ3) is 3.61.